The van der Waals surface area contributed by atoms with Crippen molar-refractivity contribution in [3.05, 3.63) is 48.0 Å². The first-order chi connectivity index (χ1) is 10.1. The smallest absolute Gasteiger partial charge is 0.239 e. The molecule has 0 saturated carbocycles. The maximum absolute atomic E-state index is 12.2. The molecular formula is C18H22N2O. The van der Waals surface area contributed by atoms with Gasteiger partial charge in [0.1, 0.15) is 0 Å². The number of amides is 1. The Hall–Kier alpha value is -1.87. The number of carbonyl (C=O) groups excluding carboxylic acids is 1. The van der Waals surface area contributed by atoms with Gasteiger partial charge in [-0.3, -0.25) is 4.79 Å². The van der Waals surface area contributed by atoms with Gasteiger partial charge < -0.3 is 10.6 Å². The van der Waals surface area contributed by atoms with Crippen molar-refractivity contribution >= 4 is 16.7 Å². The first kappa shape index (κ1) is 14.1. The van der Waals surface area contributed by atoms with Crippen LogP contribution in [-0.2, 0) is 11.2 Å². The molecule has 2 atom stereocenters. The number of rotatable bonds is 3. The number of hydrogen-bond donors (Lipinski definition) is 1. The second-order valence-corrected chi connectivity index (χ2v) is 6.00. The first-order valence-electron chi connectivity index (χ1n) is 7.69. The molecule has 0 aliphatic carbocycles. The summed E-state index contributed by atoms with van der Waals surface area (Å²) >= 11 is 0. The molecule has 3 nitrogen and oxygen atoms in total. The number of benzene rings is 2. The van der Waals surface area contributed by atoms with E-state index in [1.54, 1.807) is 6.92 Å². The summed E-state index contributed by atoms with van der Waals surface area (Å²) in [6, 6.07) is 14.9. The second kappa shape index (κ2) is 5.86. The van der Waals surface area contributed by atoms with E-state index in [2.05, 4.69) is 42.5 Å². The largest absolute Gasteiger partial charge is 0.338 e. The second-order valence-electron chi connectivity index (χ2n) is 6.00. The van der Waals surface area contributed by atoms with Crippen LogP contribution in [0.25, 0.3) is 10.8 Å². The van der Waals surface area contributed by atoms with Crippen molar-refractivity contribution in [1.82, 2.24) is 4.90 Å². The van der Waals surface area contributed by atoms with Crippen LogP contribution >= 0.6 is 0 Å². The Bertz CT molecular complexity index is 650. The average Bonchev–Trinajstić information content (AvgIpc) is 2.94. The Kier molecular flexibility index (Phi) is 3.93. The molecule has 0 aromatic heterocycles. The van der Waals surface area contributed by atoms with Crippen LogP contribution in [-0.4, -0.2) is 29.4 Å². The number of carbonyl (C=O) groups is 1. The zero-order valence-corrected chi connectivity index (χ0v) is 12.5. The lowest BCUT2D eigenvalue weighted by Crippen LogP contribution is -2.45. The van der Waals surface area contributed by atoms with Crippen LogP contribution in [0.3, 0.4) is 0 Å². The van der Waals surface area contributed by atoms with Gasteiger partial charge in [0.15, 0.2) is 0 Å². The number of nitrogens with zero attached hydrogens (tertiary/aromatic N) is 1. The highest BCUT2D eigenvalue weighted by Crippen LogP contribution is 2.24. The quantitative estimate of drug-likeness (QED) is 0.941. The third-order valence-electron chi connectivity index (χ3n) is 4.33. The predicted octanol–water partition coefficient (Wildman–Crippen LogP) is 2.72. The molecule has 2 aromatic rings. The summed E-state index contributed by atoms with van der Waals surface area (Å²) in [6.07, 6.45) is 3.07. The van der Waals surface area contributed by atoms with Gasteiger partial charge in [0.25, 0.3) is 0 Å². The number of nitrogens with two attached hydrogens (primary N) is 1. The third kappa shape index (κ3) is 2.93. The lowest BCUT2D eigenvalue weighted by atomic mass is 10.00. The molecule has 1 aliphatic rings. The summed E-state index contributed by atoms with van der Waals surface area (Å²) in [5, 5.41) is 2.52. The Balaban J connectivity index is 1.79. The molecule has 1 amide bonds. The average molecular weight is 282 g/mol. The minimum absolute atomic E-state index is 0.0817. The molecule has 1 heterocycles. The van der Waals surface area contributed by atoms with E-state index in [4.69, 9.17) is 5.73 Å². The van der Waals surface area contributed by atoms with Gasteiger partial charge in [0.05, 0.1) is 6.04 Å². The third-order valence-corrected chi connectivity index (χ3v) is 4.33. The molecule has 21 heavy (non-hydrogen) atoms. The fourth-order valence-electron chi connectivity index (χ4n) is 3.24. The van der Waals surface area contributed by atoms with E-state index >= 15 is 0 Å². The first-order valence-corrected chi connectivity index (χ1v) is 7.69. The summed E-state index contributed by atoms with van der Waals surface area (Å²) in [6.45, 7) is 2.62. The molecule has 1 aliphatic heterocycles. The van der Waals surface area contributed by atoms with Crippen molar-refractivity contribution in [2.45, 2.75) is 38.3 Å². The topological polar surface area (TPSA) is 46.3 Å². The van der Waals surface area contributed by atoms with E-state index in [9.17, 15) is 4.79 Å². The van der Waals surface area contributed by atoms with Crippen molar-refractivity contribution in [2.24, 2.45) is 5.73 Å². The highest BCUT2D eigenvalue weighted by atomic mass is 16.2. The molecule has 3 rings (SSSR count). The van der Waals surface area contributed by atoms with Gasteiger partial charge in [0.2, 0.25) is 5.91 Å². The van der Waals surface area contributed by atoms with E-state index < -0.39 is 6.04 Å². The maximum Gasteiger partial charge on any atom is 0.239 e. The van der Waals surface area contributed by atoms with Gasteiger partial charge in [-0.2, -0.15) is 0 Å². The van der Waals surface area contributed by atoms with Crippen molar-refractivity contribution in [3.8, 4) is 0 Å². The molecule has 1 saturated heterocycles. The minimum atomic E-state index is -0.401. The predicted molar refractivity (Wildman–Crippen MR) is 86.0 cm³/mol. The van der Waals surface area contributed by atoms with Gasteiger partial charge in [-0.1, -0.05) is 42.5 Å². The van der Waals surface area contributed by atoms with Gasteiger partial charge in [-0.25, -0.2) is 0 Å². The van der Waals surface area contributed by atoms with Gasteiger partial charge in [-0.15, -0.1) is 0 Å². The van der Waals surface area contributed by atoms with E-state index in [1.807, 2.05) is 4.90 Å². The number of hydrogen-bond acceptors (Lipinski definition) is 2. The van der Waals surface area contributed by atoms with E-state index in [1.165, 1.54) is 16.3 Å². The molecule has 2 aromatic carbocycles. The van der Waals surface area contributed by atoms with Crippen molar-refractivity contribution in [3.63, 3.8) is 0 Å². The summed E-state index contributed by atoms with van der Waals surface area (Å²) in [4.78, 5) is 14.1. The highest BCUT2D eigenvalue weighted by molar-refractivity contribution is 5.83. The fourth-order valence-corrected chi connectivity index (χ4v) is 3.24. The molecular weight excluding hydrogens is 260 g/mol. The Morgan fingerprint density at radius 1 is 1.29 bits per heavy atom. The highest BCUT2D eigenvalue weighted by Gasteiger charge is 2.30. The number of likely N-dealkylation sites (tertiary alicyclic amines) is 1. The Morgan fingerprint density at radius 3 is 2.81 bits per heavy atom. The molecule has 0 radical (unpaired) electrons. The van der Waals surface area contributed by atoms with E-state index in [-0.39, 0.29) is 5.91 Å². The summed E-state index contributed by atoms with van der Waals surface area (Å²) in [5.74, 6) is 0.0817. The van der Waals surface area contributed by atoms with Crippen LogP contribution in [0.5, 0.6) is 0 Å². The monoisotopic (exact) mass is 282 g/mol. The van der Waals surface area contributed by atoms with Crippen LogP contribution in [0.4, 0.5) is 0 Å². The SMILES string of the molecule is C[C@H](N)C(=O)N1CCCC1Cc1ccc2ccccc2c1. The molecule has 2 N–H and O–H groups in total. The minimum Gasteiger partial charge on any atom is -0.338 e. The van der Waals surface area contributed by atoms with Crippen molar-refractivity contribution in [1.29, 1.82) is 0 Å². The lowest BCUT2D eigenvalue weighted by Gasteiger charge is -2.26. The zero-order valence-electron chi connectivity index (χ0n) is 12.5. The van der Waals surface area contributed by atoms with Crippen LogP contribution in [0.2, 0.25) is 0 Å². The van der Waals surface area contributed by atoms with E-state index in [0.29, 0.717) is 6.04 Å². The van der Waals surface area contributed by atoms with Crippen molar-refractivity contribution < 1.29 is 4.79 Å². The molecule has 110 valence electrons. The van der Waals surface area contributed by atoms with Crippen LogP contribution in [0, 0.1) is 0 Å². The van der Waals surface area contributed by atoms with Crippen molar-refractivity contribution in [2.75, 3.05) is 6.54 Å². The Morgan fingerprint density at radius 2 is 2.05 bits per heavy atom. The van der Waals surface area contributed by atoms with E-state index in [0.717, 1.165) is 25.8 Å². The normalized spacial score (nSPS) is 19.9. The Labute approximate surface area is 125 Å². The van der Waals surface area contributed by atoms with Gasteiger partial charge >= 0.3 is 0 Å². The van der Waals surface area contributed by atoms with Gasteiger partial charge in [0, 0.05) is 12.6 Å². The fraction of sp³-hybridized carbons (Fsp3) is 0.389. The molecule has 1 unspecified atom stereocenters. The number of fused-ring (bicyclic) bond motifs is 1. The van der Waals surface area contributed by atoms with Crippen LogP contribution in [0.15, 0.2) is 42.5 Å². The molecule has 0 bridgehead atoms. The summed E-state index contributed by atoms with van der Waals surface area (Å²) in [7, 11) is 0. The lowest BCUT2D eigenvalue weighted by molar-refractivity contribution is -0.132. The van der Waals surface area contributed by atoms with Crippen LogP contribution < -0.4 is 5.73 Å². The van der Waals surface area contributed by atoms with Crippen LogP contribution in [0.1, 0.15) is 25.3 Å². The maximum atomic E-state index is 12.2. The summed E-state index contributed by atoms with van der Waals surface area (Å²) in [5.41, 5.74) is 7.05. The zero-order chi connectivity index (χ0) is 14.8. The molecule has 3 heteroatoms. The summed E-state index contributed by atoms with van der Waals surface area (Å²) < 4.78 is 0. The molecule has 1 fully saturated rings. The van der Waals surface area contributed by atoms with Gasteiger partial charge in [-0.05, 0) is 42.5 Å². The molecule has 0 spiro atoms. The standard InChI is InChI=1S/C18H22N2O/c1-13(19)18(21)20-10-4-7-17(20)12-14-8-9-15-5-2-3-6-16(15)11-14/h2-3,5-6,8-9,11,13,17H,4,7,10,12,19H2,1H3/t13-,17?/m0/s1.